The van der Waals surface area contributed by atoms with Crippen LogP contribution in [0, 0.1) is 6.92 Å². The van der Waals surface area contributed by atoms with Crippen LogP contribution < -0.4 is 0 Å². The molecule has 2 nitrogen and oxygen atoms in total. The molecule has 1 radical (unpaired) electrons. The molecule has 0 amide bonds. The zero-order chi connectivity index (χ0) is 10.8. The standard InChI is InChI=1S/C12H25O2/c1-5-7-8-11(3)14-12(4)10-13-9-6-2/h11-12H,2,5-10H2,1,3-4H3. The molecule has 0 aliphatic carbocycles. The highest BCUT2D eigenvalue weighted by Crippen LogP contribution is 2.07. The minimum atomic E-state index is 0.202. The number of unbranched alkanes of at least 4 members (excludes halogenated alkanes) is 1. The first-order valence-corrected chi connectivity index (χ1v) is 5.73. The smallest absolute Gasteiger partial charge is 0.0784 e. The predicted octanol–water partition coefficient (Wildman–Crippen LogP) is 3.21. The molecule has 85 valence electrons. The van der Waals surface area contributed by atoms with Crippen LogP contribution in [0.3, 0.4) is 0 Å². The molecule has 2 atom stereocenters. The summed E-state index contributed by atoms with van der Waals surface area (Å²) in [6.45, 7) is 11.5. The largest absolute Gasteiger partial charge is 0.379 e. The summed E-state index contributed by atoms with van der Waals surface area (Å²) in [5.41, 5.74) is 0. The lowest BCUT2D eigenvalue weighted by Gasteiger charge is -2.18. The van der Waals surface area contributed by atoms with Crippen LogP contribution in [0.4, 0.5) is 0 Å². The fourth-order valence-electron chi connectivity index (χ4n) is 1.35. The third-order valence-electron chi connectivity index (χ3n) is 2.07. The van der Waals surface area contributed by atoms with E-state index in [2.05, 4.69) is 27.7 Å². The van der Waals surface area contributed by atoms with Gasteiger partial charge in [-0.2, -0.15) is 0 Å². The summed E-state index contributed by atoms with van der Waals surface area (Å²) in [5, 5.41) is 0. The molecular formula is C12H25O2. The van der Waals surface area contributed by atoms with Gasteiger partial charge in [0.15, 0.2) is 0 Å². The Morgan fingerprint density at radius 2 is 1.93 bits per heavy atom. The van der Waals surface area contributed by atoms with E-state index in [0.29, 0.717) is 12.7 Å². The average Bonchev–Trinajstić information content (AvgIpc) is 2.15. The molecule has 2 unspecified atom stereocenters. The monoisotopic (exact) mass is 201 g/mol. The van der Waals surface area contributed by atoms with E-state index in [-0.39, 0.29) is 6.10 Å². The van der Waals surface area contributed by atoms with Crippen LogP contribution in [-0.2, 0) is 9.47 Å². The molecule has 0 saturated heterocycles. The molecule has 0 heterocycles. The Hall–Kier alpha value is -0.0800. The van der Waals surface area contributed by atoms with Gasteiger partial charge in [-0.15, -0.1) is 0 Å². The van der Waals surface area contributed by atoms with E-state index in [9.17, 15) is 0 Å². The first-order chi connectivity index (χ1) is 6.70. The van der Waals surface area contributed by atoms with Gasteiger partial charge in [0.05, 0.1) is 18.8 Å². The van der Waals surface area contributed by atoms with E-state index in [1.165, 1.54) is 12.8 Å². The maximum absolute atomic E-state index is 5.75. The van der Waals surface area contributed by atoms with Crippen molar-refractivity contribution in [1.82, 2.24) is 0 Å². The Bertz CT molecular complexity index is 115. The fraction of sp³-hybridized carbons (Fsp3) is 0.917. The summed E-state index contributed by atoms with van der Waals surface area (Å²) in [4.78, 5) is 0. The molecule has 0 bridgehead atoms. The maximum Gasteiger partial charge on any atom is 0.0784 e. The van der Waals surface area contributed by atoms with Gasteiger partial charge in [0.25, 0.3) is 0 Å². The Morgan fingerprint density at radius 3 is 2.50 bits per heavy atom. The Labute approximate surface area is 89.0 Å². The summed E-state index contributed by atoms with van der Waals surface area (Å²) >= 11 is 0. The van der Waals surface area contributed by atoms with Crippen LogP contribution in [0.1, 0.15) is 46.5 Å². The molecule has 0 saturated carbocycles. The number of ether oxygens (including phenoxy) is 2. The van der Waals surface area contributed by atoms with E-state index >= 15 is 0 Å². The highest BCUT2D eigenvalue weighted by atomic mass is 16.5. The van der Waals surface area contributed by atoms with Gasteiger partial charge in [-0.25, -0.2) is 0 Å². The Balaban J connectivity index is 3.35. The molecule has 0 spiro atoms. The third-order valence-corrected chi connectivity index (χ3v) is 2.07. The zero-order valence-corrected chi connectivity index (χ0v) is 9.92. The van der Waals surface area contributed by atoms with Gasteiger partial charge in [-0.05, 0) is 26.7 Å². The normalized spacial score (nSPS) is 15.4. The van der Waals surface area contributed by atoms with E-state index in [1.807, 2.05) is 0 Å². The molecule has 0 fully saturated rings. The van der Waals surface area contributed by atoms with Crippen molar-refractivity contribution in [3.8, 4) is 0 Å². The molecule has 0 aromatic rings. The molecular weight excluding hydrogens is 176 g/mol. The van der Waals surface area contributed by atoms with Crippen molar-refractivity contribution in [2.75, 3.05) is 13.2 Å². The van der Waals surface area contributed by atoms with Gasteiger partial charge >= 0.3 is 0 Å². The minimum Gasteiger partial charge on any atom is -0.379 e. The average molecular weight is 201 g/mol. The molecule has 0 aromatic heterocycles. The third kappa shape index (κ3) is 8.52. The lowest BCUT2D eigenvalue weighted by Crippen LogP contribution is -2.22. The zero-order valence-electron chi connectivity index (χ0n) is 9.92. The molecule has 0 aliphatic rings. The van der Waals surface area contributed by atoms with Crippen molar-refractivity contribution >= 4 is 0 Å². The summed E-state index contributed by atoms with van der Waals surface area (Å²) in [6.07, 6.45) is 5.02. The van der Waals surface area contributed by atoms with Crippen molar-refractivity contribution in [1.29, 1.82) is 0 Å². The molecule has 2 heteroatoms. The van der Waals surface area contributed by atoms with Crippen molar-refractivity contribution in [3.63, 3.8) is 0 Å². The molecule has 0 aliphatic heterocycles. The second-order valence-corrected chi connectivity index (χ2v) is 3.83. The van der Waals surface area contributed by atoms with Gasteiger partial charge in [0.1, 0.15) is 0 Å². The predicted molar refractivity (Wildman–Crippen MR) is 60.3 cm³/mol. The highest BCUT2D eigenvalue weighted by Gasteiger charge is 2.07. The SMILES string of the molecule is [CH2]CCOCC(C)OC(C)CCCC. The Kier molecular flexibility index (Phi) is 9.42. The van der Waals surface area contributed by atoms with Gasteiger partial charge in [0, 0.05) is 6.61 Å². The second-order valence-electron chi connectivity index (χ2n) is 3.83. The van der Waals surface area contributed by atoms with Crippen LogP contribution in [0.25, 0.3) is 0 Å². The quantitative estimate of drug-likeness (QED) is 0.533. The molecule has 0 N–H and O–H groups in total. The van der Waals surface area contributed by atoms with Gasteiger partial charge < -0.3 is 9.47 Å². The lowest BCUT2D eigenvalue weighted by molar-refractivity contribution is -0.0438. The Morgan fingerprint density at radius 1 is 1.21 bits per heavy atom. The van der Waals surface area contributed by atoms with E-state index in [0.717, 1.165) is 19.4 Å². The van der Waals surface area contributed by atoms with Crippen LogP contribution >= 0.6 is 0 Å². The highest BCUT2D eigenvalue weighted by molar-refractivity contribution is 4.55. The van der Waals surface area contributed by atoms with Crippen molar-refractivity contribution in [2.45, 2.75) is 58.7 Å². The first-order valence-electron chi connectivity index (χ1n) is 5.73. The second kappa shape index (κ2) is 9.47. The minimum absolute atomic E-state index is 0.202. The summed E-state index contributed by atoms with van der Waals surface area (Å²) < 4.78 is 11.1. The van der Waals surface area contributed by atoms with Gasteiger partial charge in [-0.1, -0.05) is 26.7 Å². The van der Waals surface area contributed by atoms with Crippen molar-refractivity contribution in [2.24, 2.45) is 0 Å². The number of hydrogen-bond donors (Lipinski definition) is 0. The summed E-state index contributed by atoms with van der Waals surface area (Å²) in [5.74, 6) is 0. The van der Waals surface area contributed by atoms with Crippen LogP contribution in [0.15, 0.2) is 0 Å². The molecule has 14 heavy (non-hydrogen) atoms. The van der Waals surface area contributed by atoms with Gasteiger partial charge in [-0.3, -0.25) is 0 Å². The fourth-order valence-corrected chi connectivity index (χ4v) is 1.35. The summed E-state index contributed by atoms with van der Waals surface area (Å²) in [7, 11) is 0. The van der Waals surface area contributed by atoms with Crippen LogP contribution in [-0.4, -0.2) is 25.4 Å². The van der Waals surface area contributed by atoms with Crippen LogP contribution in [0.2, 0.25) is 0 Å². The number of hydrogen-bond acceptors (Lipinski definition) is 2. The lowest BCUT2D eigenvalue weighted by atomic mass is 10.2. The van der Waals surface area contributed by atoms with Crippen molar-refractivity contribution in [3.05, 3.63) is 6.92 Å². The first kappa shape index (κ1) is 13.9. The molecule has 0 aromatic carbocycles. The molecule has 0 rings (SSSR count). The topological polar surface area (TPSA) is 18.5 Å². The summed E-state index contributed by atoms with van der Waals surface area (Å²) in [6, 6.07) is 0. The van der Waals surface area contributed by atoms with Gasteiger partial charge in [0.2, 0.25) is 0 Å². The maximum atomic E-state index is 5.75. The van der Waals surface area contributed by atoms with E-state index in [1.54, 1.807) is 0 Å². The van der Waals surface area contributed by atoms with E-state index in [4.69, 9.17) is 9.47 Å². The van der Waals surface area contributed by atoms with Crippen molar-refractivity contribution < 1.29 is 9.47 Å². The van der Waals surface area contributed by atoms with E-state index < -0.39 is 0 Å². The van der Waals surface area contributed by atoms with Crippen LogP contribution in [0.5, 0.6) is 0 Å². The number of rotatable bonds is 9.